The van der Waals surface area contributed by atoms with Crippen LogP contribution in [0, 0.1) is 17.8 Å². The molecule has 3 saturated heterocycles. The van der Waals surface area contributed by atoms with Gasteiger partial charge in [-0.25, -0.2) is 23.1 Å². The lowest BCUT2D eigenvalue weighted by molar-refractivity contribution is -0.171. The number of halogens is 2. The third-order valence-electron chi connectivity index (χ3n) is 9.72. The van der Waals surface area contributed by atoms with Crippen LogP contribution in [0.4, 0.5) is 19.4 Å². The number of likely N-dealkylation sites (tertiary alicyclic amines) is 2. The highest BCUT2D eigenvalue weighted by Gasteiger charge is 2.59. The standard InChI is InChI=1S/C36H52F2N6O8/c1-20(2)30(45)41-29-24-11-10-23(44(24)40-19-39-29)26-28(51-32(47)22(5)6)27(50-31(46)21(3)4)25(49-26)16-43-18-36(37,38)17-35(43)12-14-42(15-13-35)33(48)52-34(7,8)9/h10-11,19-22,25-28H,12-18H2,1-9H3,(H,39,40,41,45)/t25-,26+,27-,28+/m1/s1. The molecule has 288 valence electrons. The molecule has 0 bridgehead atoms. The first-order valence-electron chi connectivity index (χ1n) is 18.0. The minimum Gasteiger partial charge on any atom is -0.455 e. The van der Waals surface area contributed by atoms with Crippen molar-refractivity contribution in [1.82, 2.24) is 24.4 Å². The quantitative estimate of drug-likeness (QED) is 0.273. The molecule has 1 spiro atoms. The number of nitrogens with zero attached hydrogens (tertiary/aromatic N) is 5. The molecule has 0 unspecified atom stereocenters. The predicted molar refractivity (Wildman–Crippen MR) is 184 cm³/mol. The van der Waals surface area contributed by atoms with Crippen LogP contribution in [-0.2, 0) is 33.3 Å². The van der Waals surface area contributed by atoms with E-state index in [9.17, 15) is 19.2 Å². The number of carbonyl (C=O) groups is 4. The Morgan fingerprint density at radius 3 is 2.15 bits per heavy atom. The van der Waals surface area contributed by atoms with E-state index in [1.54, 1.807) is 84.2 Å². The van der Waals surface area contributed by atoms with Crippen LogP contribution in [0.3, 0.4) is 0 Å². The third kappa shape index (κ3) is 8.48. The van der Waals surface area contributed by atoms with Gasteiger partial charge < -0.3 is 29.2 Å². The van der Waals surface area contributed by atoms with Gasteiger partial charge in [0.15, 0.2) is 18.0 Å². The summed E-state index contributed by atoms with van der Waals surface area (Å²) in [5.41, 5.74) is -0.815. The maximum absolute atomic E-state index is 15.4. The molecule has 5 heterocycles. The summed E-state index contributed by atoms with van der Waals surface area (Å²) in [4.78, 5) is 59.2. The Hall–Kier alpha value is -3.92. The number of aromatic nitrogens is 3. The number of rotatable bonds is 9. The second-order valence-corrected chi connectivity index (χ2v) is 16.1. The van der Waals surface area contributed by atoms with Gasteiger partial charge >= 0.3 is 18.0 Å². The summed E-state index contributed by atoms with van der Waals surface area (Å²) in [7, 11) is 0. The average Bonchev–Trinajstić information content (AvgIpc) is 3.68. The number of ether oxygens (including phenoxy) is 4. The van der Waals surface area contributed by atoms with Crippen LogP contribution in [0.15, 0.2) is 18.5 Å². The molecule has 0 saturated carbocycles. The van der Waals surface area contributed by atoms with Crippen molar-refractivity contribution in [2.45, 2.75) is 123 Å². The van der Waals surface area contributed by atoms with Gasteiger partial charge in [-0.05, 0) is 45.7 Å². The second-order valence-electron chi connectivity index (χ2n) is 16.1. The Morgan fingerprint density at radius 2 is 1.58 bits per heavy atom. The molecule has 16 heteroatoms. The van der Waals surface area contributed by atoms with Gasteiger partial charge in [-0.1, -0.05) is 41.5 Å². The highest BCUT2D eigenvalue weighted by atomic mass is 19.3. The van der Waals surface area contributed by atoms with E-state index in [0.29, 0.717) is 11.2 Å². The van der Waals surface area contributed by atoms with Gasteiger partial charge in [0.25, 0.3) is 5.92 Å². The first kappa shape index (κ1) is 39.3. The number of piperidine rings is 1. The van der Waals surface area contributed by atoms with Crippen LogP contribution in [0.2, 0.25) is 0 Å². The molecular weight excluding hydrogens is 682 g/mol. The number of hydrogen-bond donors (Lipinski definition) is 1. The van der Waals surface area contributed by atoms with Crippen LogP contribution in [-0.4, -0.2) is 110 Å². The zero-order valence-corrected chi connectivity index (χ0v) is 31.5. The lowest BCUT2D eigenvalue weighted by atomic mass is 9.84. The summed E-state index contributed by atoms with van der Waals surface area (Å²) in [6, 6.07) is 3.38. The van der Waals surface area contributed by atoms with E-state index in [0.717, 1.165) is 0 Å². The number of nitrogens with one attached hydrogen (secondary N) is 1. The molecule has 0 aliphatic carbocycles. The van der Waals surface area contributed by atoms with Crippen LogP contribution in [0.1, 0.15) is 93.4 Å². The minimum atomic E-state index is -3.02. The monoisotopic (exact) mass is 734 g/mol. The molecule has 2 aromatic heterocycles. The summed E-state index contributed by atoms with van der Waals surface area (Å²) in [5, 5.41) is 7.19. The van der Waals surface area contributed by atoms with E-state index in [-0.39, 0.29) is 50.1 Å². The number of amides is 2. The highest BCUT2D eigenvalue weighted by Crippen LogP contribution is 2.47. The number of alkyl halides is 2. The smallest absolute Gasteiger partial charge is 0.410 e. The largest absolute Gasteiger partial charge is 0.455 e. The summed E-state index contributed by atoms with van der Waals surface area (Å²) in [6.07, 6.45) is -3.48. The molecule has 3 aliphatic rings. The normalized spacial score (nSPS) is 24.6. The molecule has 3 fully saturated rings. The maximum atomic E-state index is 15.4. The fraction of sp³-hybridized carbons (Fsp3) is 0.722. The first-order valence-corrected chi connectivity index (χ1v) is 18.0. The molecule has 0 radical (unpaired) electrons. The van der Waals surface area contributed by atoms with E-state index in [1.165, 1.54) is 10.8 Å². The Bertz CT molecular complexity index is 1650. The molecule has 4 atom stereocenters. The SMILES string of the molecule is CC(C)C(=O)Nc1ncnn2c([C@@H]3O[C@H](CN4CC(F)(F)CC45CCN(C(=O)OC(C)(C)C)CC5)[C@@H](OC(=O)C(C)C)[C@H]3OC(=O)C(C)C)ccc12. The molecule has 2 amide bonds. The van der Waals surface area contributed by atoms with Crippen LogP contribution >= 0.6 is 0 Å². The maximum Gasteiger partial charge on any atom is 0.410 e. The summed E-state index contributed by atoms with van der Waals surface area (Å²) < 4.78 is 56.5. The van der Waals surface area contributed by atoms with E-state index < -0.39 is 84.3 Å². The van der Waals surface area contributed by atoms with Crippen LogP contribution in [0.5, 0.6) is 0 Å². The van der Waals surface area contributed by atoms with Crippen molar-refractivity contribution < 1.29 is 46.9 Å². The average molecular weight is 735 g/mol. The van der Waals surface area contributed by atoms with E-state index in [2.05, 4.69) is 15.4 Å². The Balaban J connectivity index is 1.50. The van der Waals surface area contributed by atoms with Gasteiger partial charge in [-0.15, -0.1) is 0 Å². The zero-order valence-electron chi connectivity index (χ0n) is 31.5. The molecule has 1 N–H and O–H groups in total. The Morgan fingerprint density at radius 1 is 0.962 bits per heavy atom. The minimum absolute atomic E-state index is 0.0711. The van der Waals surface area contributed by atoms with Crippen LogP contribution in [0.25, 0.3) is 5.52 Å². The lowest BCUT2D eigenvalue weighted by Crippen LogP contribution is -2.56. The van der Waals surface area contributed by atoms with E-state index >= 15 is 8.78 Å². The van der Waals surface area contributed by atoms with Crippen molar-refractivity contribution in [1.29, 1.82) is 0 Å². The van der Waals surface area contributed by atoms with Crippen molar-refractivity contribution >= 4 is 35.3 Å². The molecule has 5 rings (SSSR count). The summed E-state index contributed by atoms with van der Waals surface area (Å²) >= 11 is 0. The van der Waals surface area contributed by atoms with Gasteiger partial charge in [-0.3, -0.25) is 19.3 Å². The number of carbonyl (C=O) groups excluding carboxylic acids is 4. The van der Waals surface area contributed by atoms with Crippen molar-refractivity contribution in [2.75, 3.05) is 31.5 Å². The van der Waals surface area contributed by atoms with Gasteiger partial charge in [0.05, 0.1) is 24.1 Å². The fourth-order valence-electron chi connectivity index (χ4n) is 6.95. The van der Waals surface area contributed by atoms with Gasteiger partial charge in [0.1, 0.15) is 29.7 Å². The van der Waals surface area contributed by atoms with Crippen molar-refractivity contribution in [2.24, 2.45) is 17.8 Å². The Labute approximate surface area is 302 Å². The van der Waals surface area contributed by atoms with Crippen molar-refractivity contribution in [3.8, 4) is 0 Å². The molecule has 0 aromatic carbocycles. The predicted octanol–water partition coefficient (Wildman–Crippen LogP) is 5.01. The number of anilines is 1. The number of esters is 2. The fourth-order valence-corrected chi connectivity index (χ4v) is 6.95. The van der Waals surface area contributed by atoms with Crippen LogP contribution < -0.4 is 5.32 Å². The van der Waals surface area contributed by atoms with Gasteiger partial charge in [0.2, 0.25) is 5.91 Å². The topological polar surface area (TPSA) is 154 Å². The lowest BCUT2D eigenvalue weighted by Gasteiger charge is -2.45. The molecule has 52 heavy (non-hydrogen) atoms. The summed E-state index contributed by atoms with van der Waals surface area (Å²) in [6.45, 7) is 15.3. The van der Waals surface area contributed by atoms with E-state index in [1.807, 2.05) is 0 Å². The molecule has 2 aromatic rings. The third-order valence-corrected chi connectivity index (χ3v) is 9.72. The van der Waals surface area contributed by atoms with Gasteiger partial charge in [0, 0.05) is 37.5 Å². The zero-order chi connectivity index (χ0) is 38.3. The van der Waals surface area contributed by atoms with Crippen molar-refractivity contribution in [3.05, 3.63) is 24.2 Å². The molecular formula is C36H52F2N6O8. The van der Waals surface area contributed by atoms with Gasteiger partial charge in [-0.2, -0.15) is 5.10 Å². The first-order chi connectivity index (χ1) is 24.2. The van der Waals surface area contributed by atoms with E-state index in [4.69, 9.17) is 18.9 Å². The number of hydrogen-bond acceptors (Lipinski definition) is 11. The second kappa shape index (κ2) is 14.8. The highest BCUT2D eigenvalue weighted by molar-refractivity contribution is 5.94. The molecule has 3 aliphatic heterocycles. The molecule has 14 nitrogen and oxygen atoms in total. The van der Waals surface area contributed by atoms with Crippen molar-refractivity contribution in [3.63, 3.8) is 0 Å². The number of fused-ring (bicyclic) bond motifs is 1. The Kier molecular flexibility index (Phi) is 11.2. The summed E-state index contributed by atoms with van der Waals surface area (Å²) in [5.74, 6) is -5.56.